The van der Waals surface area contributed by atoms with E-state index in [-0.39, 0.29) is 18.9 Å². The van der Waals surface area contributed by atoms with E-state index < -0.39 is 5.97 Å². The van der Waals surface area contributed by atoms with Gasteiger partial charge in [-0.05, 0) is 30.5 Å². The number of hydrogen-bond acceptors (Lipinski definition) is 5. The number of para-hydroxylation sites is 2. The first-order valence-corrected chi connectivity index (χ1v) is 7.83. The summed E-state index contributed by atoms with van der Waals surface area (Å²) in [4.78, 5) is 24.1. The fraction of sp³-hybridized carbons (Fsp3) is 0.250. The van der Waals surface area contributed by atoms with Crippen molar-refractivity contribution in [3.8, 4) is 11.5 Å². The van der Waals surface area contributed by atoms with Crippen LogP contribution in [0.15, 0.2) is 41.8 Å². The number of esters is 1. The molecule has 0 bridgehead atoms. The Hall–Kier alpha value is -2.34. The van der Waals surface area contributed by atoms with Crippen molar-refractivity contribution in [2.24, 2.45) is 0 Å². The van der Waals surface area contributed by atoms with Gasteiger partial charge in [-0.25, -0.2) is 0 Å². The first-order valence-electron chi connectivity index (χ1n) is 6.95. The molecule has 0 atom stereocenters. The molecule has 0 aliphatic carbocycles. The van der Waals surface area contributed by atoms with Crippen LogP contribution in [-0.2, 0) is 4.79 Å². The van der Waals surface area contributed by atoms with Crippen molar-refractivity contribution in [3.05, 3.63) is 46.7 Å². The van der Waals surface area contributed by atoms with Crippen molar-refractivity contribution in [2.45, 2.75) is 13.3 Å². The Bertz CT molecular complexity index is 625. The van der Waals surface area contributed by atoms with Crippen LogP contribution in [0.4, 0.5) is 0 Å². The number of carbonyl (C=O) groups excluding carboxylic acids is 2. The number of thiophene rings is 1. The number of nitrogens with one attached hydrogen (secondary N) is 1. The third kappa shape index (κ3) is 4.60. The molecular weight excluding hydrogens is 302 g/mol. The zero-order valence-electron chi connectivity index (χ0n) is 12.2. The molecule has 1 amide bonds. The predicted octanol–water partition coefficient (Wildman–Crippen LogP) is 2.87. The van der Waals surface area contributed by atoms with Crippen LogP contribution in [0.5, 0.6) is 11.5 Å². The lowest BCUT2D eigenvalue weighted by atomic mass is 10.3. The lowest BCUT2D eigenvalue weighted by Gasteiger charge is -2.10. The van der Waals surface area contributed by atoms with Crippen molar-refractivity contribution >= 4 is 23.2 Å². The number of ether oxygens (including phenoxy) is 2. The molecule has 1 heterocycles. The Morgan fingerprint density at radius 1 is 1.14 bits per heavy atom. The smallest absolute Gasteiger partial charge is 0.313 e. The van der Waals surface area contributed by atoms with Crippen molar-refractivity contribution in [3.63, 3.8) is 0 Å². The normalized spacial score (nSPS) is 10.0. The van der Waals surface area contributed by atoms with E-state index in [0.717, 1.165) is 0 Å². The van der Waals surface area contributed by atoms with Crippen molar-refractivity contribution in [1.29, 1.82) is 0 Å². The lowest BCUT2D eigenvalue weighted by molar-refractivity contribution is -0.134. The molecule has 116 valence electrons. The number of benzene rings is 1. The van der Waals surface area contributed by atoms with E-state index >= 15 is 0 Å². The van der Waals surface area contributed by atoms with Crippen LogP contribution in [0.2, 0.25) is 0 Å². The second-order valence-corrected chi connectivity index (χ2v) is 5.28. The van der Waals surface area contributed by atoms with Gasteiger partial charge in [0.25, 0.3) is 5.91 Å². The summed E-state index contributed by atoms with van der Waals surface area (Å²) in [5.74, 6) is 0.316. The minimum absolute atomic E-state index is 0.0948. The molecule has 1 N–H and O–H groups in total. The van der Waals surface area contributed by atoms with E-state index in [1.165, 1.54) is 11.3 Å². The van der Waals surface area contributed by atoms with Gasteiger partial charge in [0.15, 0.2) is 11.5 Å². The fourth-order valence-corrected chi connectivity index (χ4v) is 2.40. The standard InChI is InChI=1S/C16H17NO4S/c1-2-20-12-6-3-4-7-13(12)21-15(18)9-10-17-16(19)14-8-5-11-22-14/h3-8,11H,2,9-10H2,1H3,(H,17,19). The van der Waals surface area contributed by atoms with Gasteiger partial charge in [0.05, 0.1) is 17.9 Å². The largest absolute Gasteiger partial charge is 0.490 e. The highest BCUT2D eigenvalue weighted by Crippen LogP contribution is 2.26. The molecule has 2 aromatic rings. The molecule has 0 radical (unpaired) electrons. The average molecular weight is 319 g/mol. The van der Waals surface area contributed by atoms with E-state index in [1.54, 1.807) is 30.3 Å². The molecule has 0 aliphatic rings. The van der Waals surface area contributed by atoms with Gasteiger partial charge in [-0.3, -0.25) is 9.59 Å². The van der Waals surface area contributed by atoms with Crippen molar-refractivity contribution in [1.82, 2.24) is 5.32 Å². The van der Waals surface area contributed by atoms with E-state index in [1.807, 2.05) is 18.4 Å². The zero-order chi connectivity index (χ0) is 15.8. The summed E-state index contributed by atoms with van der Waals surface area (Å²) < 4.78 is 10.6. The Balaban J connectivity index is 1.80. The third-order valence-corrected chi connectivity index (χ3v) is 3.60. The summed E-state index contributed by atoms with van der Waals surface area (Å²) in [5, 5.41) is 4.51. The summed E-state index contributed by atoms with van der Waals surface area (Å²) in [6, 6.07) is 10.5. The zero-order valence-corrected chi connectivity index (χ0v) is 13.0. The molecule has 1 aromatic carbocycles. The minimum Gasteiger partial charge on any atom is -0.490 e. The minimum atomic E-state index is -0.418. The molecule has 0 fully saturated rings. The molecule has 5 nitrogen and oxygen atoms in total. The molecule has 1 aromatic heterocycles. The maximum Gasteiger partial charge on any atom is 0.313 e. The topological polar surface area (TPSA) is 64.6 Å². The van der Waals surface area contributed by atoms with Crippen LogP contribution >= 0.6 is 11.3 Å². The fourth-order valence-electron chi connectivity index (χ4n) is 1.76. The van der Waals surface area contributed by atoms with Gasteiger partial charge in [0.1, 0.15) is 0 Å². The van der Waals surface area contributed by atoms with Gasteiger partial charge in [-0.1, -0.05) is 18.2 Å². The van der Waals surface area contributed by atoms with E-state index in [9.17, 15) is 9.59 Å². The molecule has 0 aliphatic heterocycles. The number of rotatable bonds is 7. The third-order valence-electron chi connectivity index (χ3n) is 2.73. The summed E-state index contributed by atoms with van der Waals surface area (Å²) in [6.07, 6.45) is 0.0948. The Kier molecular flexibility index (Phi) is 5.97. The highest BCUT2D eigenvalue weighted by molar-refractivity contribution is 7.12. The van der Waals surface area contributed by atoms with Crippen LogP contribution in [0.1, 0.15) is 23.0 Å². The number of hydrogen-bond donors (Lipinski definition) is 1. The Morgan fingerprint density at radius 3 is 2.59 bits per heavy atom. The first-order chi connectivity index (χ1) is 10.7. The van der Waals surface area contributed by atoms with Crippen LogP contribution in [0.3, 0.4) is 0 Å². The molecule has 2 rings (SSSR count). The summed E-state index contributed by atoms with van der Waals surface area (Å²) in [6.45, 7) is 2.58. The molecule has 0 saturated heterocycles. The Morgan fingerprint density at radius 2 is 1.91 bits per heavy atom. The van der Waals surface area contributed by atoms with Crippen molar-refractivity contribution in [2.75, 3.05) is 13.2 Å². The van der Waals surface area contributed by atoms with Gasteiger partial charge in [-0.15, -0.1) is 11.3 Å². The van der Waals surface area contributed by atoms with Gasteiger partial charge >= 0.3 is 5.97 Å². The highest BCUT2D eigenvalue weighted by atomic mass is 32.1. The SMILES string of the molecule is CCOc1ccccc1OC(=O)CCNC(=O)c1cccs1. The molecular formula is C16H17NO4S. The summed E-state index contributed by atoms with van der Waals surface area (Å²) in [7, 11) is 0. The van der Waals surface area contributed by atoms with Crippen molar-refractivity contribution < 1.29 is 19.1 Å². The second kappa shape index (κ2) is 8.19. The van der Waals surface area contributed by atoms with Gasteiger partial charge in [0, 0.05) is 6.54 Å². The molecule has 0 unspecified atom stereocenters. The average Bonchev–Trinajstić information content (AvgIpc) is 3.04. The van der Waals surface area contributed by atoms with E-state index in [0.29, 0.717) is 23.0 Å². The maximum absolute atomic E-state index is 11.8. The van der Waals surface area contributed by atoms with Crippen LogP contribution < -0.4 is 14.8 Å². The van der Waals surface area contributed by atoms with Crippen LogP contribution in [-0.4, -0.2) is 25.0 Å². The van der Waals surface area contributed by atoms with E-state index in [2.05, 4.69) is 5.32 Å². The quantitative estimate of drug-likeness (QED) is 0.629. The van der Waals surface area contributed by atoms with Crippen LogP contribution in [0.25, 0.3) is 0 Å². The van der Waals surface area contributed by atoms with Gasteiger partial charge in [0.2, 0.25) is 0 Å². The number of amides is 1. The number of carbonyl (C=O) groups is 2. The molecule has 22 heavy (non-hydrogen) atoms. The summed E-state index contributed by atoms with van der Waals surface area (Å²) in [5.41, 5.74) is 0. The predicted molar refractivity (Wildman–Crippen MR) is 84.5 cm³/mol. The second-order valence-electron chi connectivity index (χ2n) is 4.34. The Labute approximate surface area is 132 Å². The van der Waals surface area contributed by atoms with Crippen LogP contribution in [0, 0.1) is 0 Å². The lowest BCUT2D eigenvalue weighted by Crippen LogP contribution is -2.26. The molecule has 0 spiro atoms. The molecule has 0 saturated carbocycles. The van der Waals surface area contributed by atoms with Gasteiger partial charge < -0.3 is 14.8 Å². The van der Waals surface area contributed by atoms with Gasteiger partial charge in [-0.2, -0.15) is 0 Å². The van der Waals surface area contributed by atoms with E-state index in [4.69, 9.17) is 9.47 Å². The summed E-state index contributed by atoms with van der Waals surface area (Å²) >= 11 is 1.36. The molecule has 6 heteroatoms. The monoisotopic (exact) mass is 319 g/mol. The highest BCUT2D eigenvalue weighted by Gasteiger charge is 2.11. The first kappa shape index (κ1) is 16.0. The maximum atomic E-state index is 11.8.